The molecule has 0 radical (unpaired) electrons. The van der Waals surface area contributed by atoms with Gasteiger partial charge in [-0.15, -0.1) is 0 Å². The van der Waals surface area contributed by atoms with Gasteiger partial charge in [0.1, 0.15) is 5.82 Å². The van der Waals surface area contributed by atoms with E-state index in [4.69, 9.17) is 0 Å². The maximum Gasteiger partial charge on any atom is 0.223 e. The first kappa shape index (κ1) is 16.0. The van der Waals surface area contributed by atoms with Crippen LogP contribution >= 0.6 is 0 Å². The number of amides is 1. The molecule has 21 heavy (non-hydrogen) atoms. The molecule has 3 unspecified atom stereocenters. The summed E-state index contributed by atoms with van der Waals surface area (Å²) in [6.07, 6.45) is 2.08. The quantitative estimate of drug-likeness (QED) is 0.812. The molecule has 0 saturated heterocycles. The van der Waals surface area contributed by atoms with Gasteiger partial charge < -0.3 is 10.4 Å². The van der Waals surface area contributed by atoms with Crippen LogP contribution in [0.4, 0.5) is 4.39 Å². The summed E-state index contributed by atoms with van der Waals surface area (Å²) in [7, 11) is 0. The molecule has 1 saturated carbocycles. The Morgan fingerprint density at radius 1 is 1.43 bits per heavy atom. The van der Waals surface area contributed by atoms with Crippen molar-refractivity contribution in [2.24, 2.45) is 11.8 Å². The van der Waals surface area contributed by atoms with Gasteiger partial charge in [-0.25, -0.2) is 4.39 Å². The van der Waals surface area contributed by atoms with Crippen LogP contribution in [0.3, 0.4) is 0 Å². The van der Waals surface area contributed by atoms with E-state index in [1.54, 1.807) is 6.07 Å². The molecule has 1 fully saturated rings. The van der Waals surface area contributed by atoms with E-state index >= 15 is 0 Å². The maximum absolute atomic E-state index is 13.2. The van der Waals surface area contributed by atoms with Crippen LogP contribution in [0, 0.1) is 17.7 Å². The van der Waals surface area contributed by atoms with E-state index in [9.17, 15) is 14.3 Å². The second-order valence-corrected chi connectivity index (χ2v) is 5.89. The molecule has 1 aromatic carbocycles. The van der Waals surface area contributed by atoms with Crippen molar-refractivity contribution in [3.8, 4) is 0 Å². The average molecular weight is 293 g/mol. The lowest BCUT2D eigenvalue weighted by atomic mass is 9.96. The van der Waals surface area contributed by atoms with Crippen molar-refractivity contribution in [1.82, 2.24) is 5.32 Å². The third-order valence-corrected chi connectivity index (χ3v) is 4.48. The number of hydrogen-bond donors (Lipinski definition) is 2. The van der Waals surface area contributed by atoms with E-state index in [1.165, 1.54) is 12.1 Å². The van der Waals surface area contributed by atoms with Crippen molar-refractivity contribution in [1.29, 1.82) is 0 Å². The Kier molecular flexibility index (Phi) is 5.34. The zero-order chi connectivity index (χ0) is 15.4. The topological polar surface area (TPSA) is 49.3 Å². The Balaban J connectivity index is 1.81. The summed E-state index contributed by atoms with van der Waals surface area (Å²) in [6, 6.07) is 6.44. The highest BCUT2D eigenvalue weighted by atomic mass is 19.1. The fraction of sp³-hybridized carbons (Fsp3) is 0.588. The van der Waals surface area contributed by atoms with Gasteiger partial charge in [0, 0.05) is 12.5 Å². The van der Waals surface area contributed by atoms with Gasteiger partial charge in [-0.3, -0.25) is 4.79 Å². The third kappa shape index (κ3) is 4.03. The summed E-state index contributed by atoms with van der Waals surface area (Å²) in [6.45, 7) is 4.39. The van der Waals surface area contributed by atoms with E-state index in [2.05, 4.69) is 5.32 Å². The van der Waals surface area contributed by atoms with Gasteiger partial charge in [-0.05, 0) is 36.0 Å². The minimum atomic E-state index is -0.490. The first-order valence-electron chi connectivity index (χ1n) is 7.78. The Morgan fingerprint density at radius 2 is 2.14 bits per heavy atom. The number of nitrogens with one attached hydrogen (secondary N) is 1. The largest absolute Gasteiger partial charge is 0.391 e. The summed E-state index contributed by atoms with van der Waals surface area (Å²) in [5, 5.41) is 12.8. The van der Waals surface area contributed by atoms with Crippen LogP contribution < -0.4 is 5.32 Å². The lowest BCUT2D eigenvalue weighted by molar-refractivity contribution is -0.123. The summed E-state index contributed by atoms with van der Waals surface area (Å²) < 4.78 is 13.2. The molecule has 3 atom stereocenters. The summed E-state index contributed by atoms with van der Waals surface area (Å²) in [5.74, 6) is -0.0350. The molecule has 1 aromatic rings. The fourth-order valence-electron chi connectivity index (χ4n) is 2.93. The Bertz CT molecular complexity index is 487. The van der Waals surface area contributed by atoms with Crippen molar-refractivity contribution >= 4 is 5.91 Å². The zero-order valence-corrected chi connectivity index (χ0v) is 12.7. The number of benzene rings is 1. The molecule has 1 amide bonds. The van der Waals surface area contributed by atoms with Crippen LogP contribution in [0.15, 0.2) is 24.3 Å². The van der Waals surface area contributed by atoms with Gasteiger partial charge in [0.15, 0.2) is 0 Å². The second-order valence-electron chi connectivity index (χ2n) is 5.89. The fourth-order valence-corrected chi connectivity index (χ4v) is 2.93. The van der Waals surface area contributed by atoms with Crippen LogP contribution in [-0.2, 0) is 4.79 Å². The minimum absolute atomic E-state index is 0.0331. The van der Waals surface area contributed by atoms with Crippen molar-refractivity contribution < 1.29 is 14.3 Å². The molecule has 0 bridgehead atoms. The predicted molar refractivity (Wildman–Crippen MR) is 80.3 cm³/mol. The first-order valence-corrected chi connectivity index (χ1v) is 7.78. The molecular formula is C17H24FNO2. The molecule has 1 aliphatic rings. The number of halogens is 1. The molecule has 116 valence electrons. The lowest BCUT2D eigenvalue weighted by Crippen LogP contribution is -2.37. The van der Waals surface area contributed by atoms with Gasteiger partial charge in [-0.1, -0.05) is 38.8 Å². The molecule has 1 aliphatic carbocycles. The Hall–Kier alpha value is -1.42. The predicted octanol–water partition coefficient (Wildman–Crippen LogP) is 2.84. The molecule has 3 nitrogen and oxygen atoms in total. The number of aliphatic hydroxyl groups is 1. The SMILES string of the molecule is CCC(CC)C(O)CNC(=O)C1CC1c1cccc(F)c1. The van der Waals surface area contributed by atoms with Gasteiger partial charge >= 0.3 is 0 Å². The molecule has 0 aromatic heterocycles. The van der Waals surface area contributed by atoms with Gasteiger partial charge in [-0.2, -0.15) is 0 Å². The van der Waals surface area contributed by atoms with Gasteiger partial charge in [0.05, 0.1) is 6.10 Å². The minimum Gasteiger partial charge on any atom is -0.391 e. The smallest absolute Gasteiger partial charge is 0.223 e. The highest BCUT2D eigenvalue weighted by molar-refractivity contribution is 5.82. The Morgan fingerprint density at radius 3 is 2.76 bits per heavy atom. The van der Waals surface area contributed by atoms with Crippen molar-refractivity contribution in [2.45, 2.75) is 45.1 Å². The molecule has 2 rings (SSSR count). The first-order chi connectivity index (χ1) is 10.1. The molecular weight excluding hydrogens is 269 g/mol. The molecule has 0 aliphatic heterocycles. The standard InChI is InChI=1S/C17H24FNO2/c1-3-11(4-2)16(20)10-19-17(21)15-9-14(15)12-6-5-7-13(18)8-12/h5-8,11,14-16,20H,3-4,9-10H2,1-2H3,(H,19,21). The number of carbonyl (C=O) groups is 1. The van der Waals surface area contributed by atoms with Crippen LogP contribution in [0.25, 0.3) is 0 Å². The van der Waals surface area contributed by atoms with Crippen LogP contribution in [0.1, 0.15) is 44.6 Å². The number of rotatable bonds is 7. The van der Waals surface area contributed by atoms with Crippen molar-refractivity contribution in [2.75, 3.05) is 6.54 Å². The summed E-state index contributed by atoms with van der Waals surface area (Å²) >= 11 is 0. The van der Waals surface area contributed by atoms with E-state index in [-0.39, 0.29) is 29.5 Å². The highest BCUT2D eigenvalue weighted by Crippen LogP contribution is 2.47. The summed E-state index contributed by atoms with van der Waals surface area (Å²) in [4.78, 5) is 12.1. The molecule has 4 heteroatoms. The molecule has 0 heterocycles. The Labute approximate surface area is 125 Å². The van der Waals surface area contributed by atoms with E-state index in [0.29, 0.717) is 6.54 Å². The number of aliphatic hydroxyl groups excluding tert-OH is 1. The monoisotopic (exact) mass is 293 g/mol. The molecule has 0 spiro atoms. The molecule has 2 N–H and O–H groups in total. The second kappa shape index (κ2) is 7.03. The lowest BCUT2D eigenvalue weighted by Gasteiger charge is -2.20. The van der Waals surface area contributed by atoms with Gasteiger partial charge in [0.25, 0.3) is 0 Å². The zero-order valence-electron chi connectivity index (χ0n) is 12.7. The van der Waals surface area contributed by atoms with E-state index < -0.39 is 6.10 Å². The van der Waals surface area contributed by atoms with E-state index in [0.717, 1.165) is 24.8 Å². The van der Waals surface area contributed by atoms with Crippen LogP contribution in [0.2, 0.25) is 0 Å². The highest BCUT2D eigenvalue weighted by Gasteiger charge is 2.44. The normalized spacial score (nSPS) is 22.1. The van der Waals surface area contributed by atoms with E-state index in [1.807, 2.05) is 19.9 Å². The maximum atomic E-state index is 13.2. The third-order valence-electron chi connectivity index (χ3n) is 4.48. The summed E-state index contributed by atoms with van der Waals surface area (Å²) in [5.41, 5.74) is 0.885. The van der Waals surface area contributed by atoms with Crippen LogP contribution in [-0.4, -0.2) is 23.7 Å². The average Bonchev–Trinajstić information content (AvgIpc) is 3.26. The van der Waals surface area contributed by atoms with Crippen molar-refractivity contribution in [3.63, 3.8) is 0 Å². The van der Waals surface area contributed by atoms with Gasteiger partial charge in [0.2, 0.25) is 5.91 Å². The number of hydrogen-bond acceptors (Lipinski definition) is 2. The van der Waals surface area contributed by atoms with Crippen LogP contribution in [0.5, 0.6) is 0 Å². The van der Waals surface area contributed by atoms with Crippen molar-refractivity contribution in [3.05, 3.63) is 35.6 Å². The number of carbonyl (C=O) groups excluding carboxylic acids is 1.